The number of carbonyl (C=O) groups is 8. The molecule has 0 bridgehead atoms. The number of benzene rings is 1. The van der Waals surface area contributed by atoms with Crippen LogP contribution >= 0.6 is 0 Å². The van der Waals surface area contributed by atoms with Gasteiger partial charge in [0, 0.05) is 26.3 Å². The molecule has 1 aromatic carbocycles. The first kappa shape index (κ1) is 54.2. The highest BCUT2D eigenvalue weighted by molar-refractivity contribution is 5.99. The van der Waals surface area contributed by atoms with Crippen LogP contribution in [0.4, 0.5) is 0 Å². The standard InChI is InChI=1S/C46H76N6O9/c1-9-11-12-13-14-15-16-17-21-24-34(53)28-36(43(58)49-37(29-39(55)56)44(59)48-35(42(47)57)27-30(3)4)50-45(60)40(32(7)10-2)51-46(61)41(31(5)6)52(8)38(54)26-25-33-22-19-18-20-23-33/h18-20,22-23,30-32,35-37,40-41H,9-17,21,24-29H2,1-8H3,(H2,47,57)(H,48,59)(H,49,58)(H,50,60)(H,51,61)(H,55,56)/t32?,35-,36?,37-,40-,41-/m0/s1. The second-order valence-corrected chi connectivity index (χ2v) is 17.2. The monoisotopic (exact) mass is 857 g/mol. The molecule has 0 spiro atoms. The lowest BCUT2D eigenvalue weighted by atomic mass is 9.95. The van der Waals surface area contributed by atoms with Crippen LogP contribution in [0.15, 0.2) is 30.3 Å². The maximum atomic E-state index is 14.2. The van der Waals surface area contributed by atoms with Crippen LogP contribution in [-0.2, 0) is 44.8 Å². The number of aliphatic carboxylic acids is 1. The average molecular weight is 857 g/mol. The van der Waals surface area contributed by atoms with Gasteiger partial charge in [-0.05, 0) is 42.6 Å². The normalized spacial score (nSPS) is 14.2. The van der Waals surface area contributed by atoms with E-state index >= 15 is 0 Å². The van der Waals surface area contributed by atoms with Gasteiger partial charge < -0.3 is 37.0 Å². The van der Waals surface area contributed by atoms with Crippen LogP contribution in [0.1, 0.15) is 150 Å². The van der Waals surface area contributed by atoms with Gasteiger partial charge in [0.05, 0.1) is 6.42 Å². The number of amides is 6. The van der Waals surface area contributed by atoms with Crippen molar-refractivity contribution in [2.45, 2.75) is 181 Å². The molecule has 0 fully saturated rings. The lowest BCUT2D eigenvalue weighted by molar-refractivity contribution is -0.143. The summed E-state index contributed by atoms with van der Waals surface area (Å²) in [7, 11) is 1.55. The minimum absolute atomic E-state index is 0.0583. The van der Waals surface area contributed by atoms with Crippen LogP contribution in [-0.4, -0.2) is 94.5 Å². The highest BCUT2D eigenvalue weighted by atomic mass is 16.4. The number of nitrogens with zero attached hydrogens (tertiary/aromatic N) is 1. The number of Topliss-reactive ketones (excluding diaryl/α,β-unsaturated/α-hetero) is 1. The molecule has 0 radical (unpaired) electrons. The van der Waals surface area contributed by atoms with Crippen LogP contribution in [0.25, 0.3) is 0 Å². The molecule has 344 valence electrons. The largest absolute Gasteiger partial charge is 0.481 e. The lowest BCUT2D eigenvalue weighted by Crippen LogP contribution is -2.61. The number of hydrogen-bond donors (Lipinski definition) is 6. The first-order valence-corrected chi connectivity index (χ1v) is 22.4. The number of nitrogens with two attached hydrogens (primary N) is 1. The van der Waals surface area contributed by atoms with Crippen molar-refractivity contribution in [3.8, 4) is 0 Å². The van der Waals surface area contributed by atoms with Crippen molar-refractivity contribution in [3.05, 3.63) is 35.9 Å². The third-order valence-electron chi connectivity index (χ3n) is 11.0. The van der Waals surface area contributed by atoms with E-state index in [0.717, 1.165) is 31.2 Å². The van der Waals surface area contributed by atoms with Crippen molar-refractivity contribution in [1.29, 1.82) is 0 Å². The Kier molecular flexibility index (Phi) is 26.2. The summed E-state index contributed by atoms with van der Waals surface area (Å²) in [6.07, 6.45) is 9.33. The van der Waals surface area contributed by atoms with Gasteiger partial charge >= 0.3 is 5.97 Å². The second kappa shape index (κ2) is 29.4. The summed E-state index contributed by atoms with van der Waals surface area (Å²) in [5, 5.41) is 19.9. The lowest BCUT2D eigenvalue weighted by Gasteiger charge is -2.33. The molecule has 15 heteroatoms. The molecule has 0 saturated heterocycles. The number of primary amides is 1. The fourth-order valence-electron chi connectivity index (χ4n) is 7.17. The number of likely N-dealkylation sites (N-methyl/N-ethyl adjacent to an activating group) is 1. The quantitative estimate of drug-likeness (QED) is 0.0536. The van der Waals surface area contributed by atoms with E-state index in [-0.39, 0.29) is 42.8 Å². The molecule has 6 amide bonds. The van der Waals surface area contributed by atoms with Crippen LogP contribution in [0.3, 0.4) is 0 Å². The fraction of sp³-hybridized carbons (Fsp3) is 0.696. The molecule has 0 aliphatic heterocycles. The zero-order valence-corrected chi connectivity index (χ0v) is 38.1. The third kappa shape index (κ3) is 21.5. The van der Waals surface area contributed by atoms with Crippen molar-refractivity contribution in [3.63, 3.8) is 0 Å². The van der Waals surface area contributed by atoms with Gasteiger partial charge in [0.2, 0.25) is 35.4 Å². The van der Waals surface area contributed by atoms with E-state index < -0.39 is 84.5 Å². The molecule has 7 N–H and O–H groups in total. The summed E-state index contributed by atoms with van der Waals surface area (Å²) >= 11 is 0. The molecule has 0 aromatic heterocycles. The molecule has 0 aliphatic carbocycles. The molecule has 6 atom stereocenters. The predicted molar refractivity (Wildman–Crippen MR) is 236 cm³/mol. The summed E-state index contributed by atoms with van der Waals surface area (Å²) in [5.74, 6) is -7.02. The van der Waals surface area contributed by atoms with Crippen molar-refractivity contribution in [1.82, 2.24) is 26.2 Å². The smallest absolute Gasteiger partial charge is 0.305 e. The van der Waals surface area contributed by atoms with E-state index in [2.05, 4.69) is 28.2 Å². The van der Waals surface area contributed by atoms with Crippen LogP contribution in [0, 0.1) is 17.8 Å². The minimum atomic E-state index is -1.68. The molecule has 1 aromatic rings. The summed E-state index contributed by atoms with van der Waals surface area (Å²) in [6.45, 7) is 12.9. The second-order valence-electron chi connectivity index (χ2n) is 17.2. The number of carbonyl (C=O) groups excluding carboxylic acids is 7. The van der Waals surface area contributed by atoms with Gasteiger partial charge in [0.25, 0.3) is 0 Å². The maximum Gasteiger partial charge on any atom is 0.305 e. The van der Waals surface area contributed by atoms with Gasteiger partial charge in [-0.3, -0.25) is 38.4 Å². The van der Waals surface area contributed by atoms with Gasteiger partial charge in [-0.25, -0.2) is 0 Å². The van der Waals surface area contributed by atoms with Crippen molar-refractivity contribution in [2.75, 3.05) is 7.05 Å². The first-order chi connectivity index (χ1) is 28.8. The Morgan fingerprint density at radius 2 is 1.18 bits per heavy atom. The van der Waals surface area contributed by atoms with Crippen molar-refractivity contribution >= 4 is 47.2 Å². The number of carboxylic acids is 1. The van der Waals surface area contributed by atoms with E-state index in [1.165, 1.54) is 30.6 Å². The average Bonchev–Trinajstić information content (AvgIpc) is 3.19. The van der Waals surface area contributed by atoms with E-state index in [9.17, 15) is 43.5 Å². The molecule has 1 rings (SSSR count). The molecule has 2 unspecified atom stereocenters. The van der Waals surface area contributed by atoms with Crippen LogP contribution < -0.4 is 27.0 Å². The Morgan fingerprint density at radius 3 is 1.69 bits per heavy atom. The number of hydrogen-bond acceptors (Lipinski definition) is 8. The van der Waals surface area contributed by atoms with E-state index in [4.69, 9.17) is 5.73 Å². The maximum absolute atomic E-state index is 14.2. The van der Waals surface area contributed by atoms with Gasteiger partial charge in [-0.15, -0.1) is 0 Å². The van der Waals surface area contributed by atoms with Gasteiger partial charge in [0.15, 0.2) is 0 Å². The topological polar surface area (TPSA) is 234 Å². The Labute approximate surface area is 363 Å². The Balaban J connectivity index is 3.33. The van der Waals surface area contributed by atoms with E-state index in [1.807, 2.05) is 37.3 Å². The van der Waals surface area contributed by atoms with Gasteiger partial charge in [-0.2, -0.15) is 0 Å². The zero-order valence-electron chi connectivity index (χ0n) is 38.1. The number of rotatable bonds is 32. The Hall–Kier alpha value is -4.82. The highest BCUT2D eigenvalue weighted by Crippen LogP contribution is 2.17. The third-order valence-corrected chi connectivity index (χ3v) is 11.0. The SMILES string of the molecule is CCCCCCCCCCCC(=O)CC(NC(=O)[C@@H](NC(=O)[C@H](C(C)C)N(C)C(=O)CCc1ccccc1)C(C)CC)C(=O)N[C@@H](CC(=O)O)C(=O)N[C@@H](CC(C)C)C(N)=O. The van der Waals surface area contributed by atoms with Crippen molar-refractivity contribution in [2.24, 2.45) is 23.5 Å². The molecule has 0 saturated carbocycles. The Morgan fingerprint density at radius 1 is 0.656 bits per heavy atom. The number of aryl methyl sites for hydroxylation is 1. The summed E-state index contributed by atoms with van der Waals surface area (Å²) in [5.41, 5.74) is 6.47. The first-order valence-electron chi connectivity index (χ1n) is 22.4. The number of carboxylic acid groups (broad SMARTS) is 1. The molecular weight excluding hydrogens is 781 g/mol. The van der Waals surface area contributed by atoms with Gasteiger partial charge in [-0.1, -0.05) is 137 Å². The molecule has 0 aliphatic rings. The number of ketones is 1. The molecule has 61 heavy (non-hydrogen) atoms. The van der Waals surface area contributed by atoms with Gasteiger partial charge in [0.1, 0.15) is 36.0 Å². The Bertz CT molecular complexity index is 1550. The number of unbranched alkanes of at least 4 members (excludes halogenated alkanes) is 8. The molecular formula is C46H76N6O9. The summed E-state index contributed by atoms with van der Waals surface area (Å²) in [4.78, 5) is 107. The fourth-order valence-corrected chi connectivity index (χ4v) is 7.17. The summed E-state index contributed by atoms with van der Waals surface area (Å²) in [6, 6.07) is 3.00. The molecule has 0 heterocycles. The number of nitrogens with one attached hydrogen (secondary N) is 4. The summed E-state index contributed by atoms with van der Waals surface area (Å²) < 4.78 is 0. The van der Waals surface area contributed by atoms with Crippen molar-refractivity contribution < 1.29 is 43.5 Å². The zero-order chi connectivity index (χ0) is 46.1. The predicted octanol–water partition coefficient (Wildman–Crippen LogP) is 4.97. The highest BCUT2D eigenvalue weighted by Gasteiger charge is 2.37. The van der Waals surface area contributed by atoms with E-state index in [0.29, 0.717) is 19.3 Å². The minimum Gasteiger partial charge on any atom is -0.481 e. The van der Waals surface area contributed by atoms with Crippen LogP contribution in [0.2, 0.25) is 0 Å². The molecule has 15 nitrogen and oxygen atoms in total. The van der Waals surface area contributed by atoms with Crippen LogP contribution in [0.5, 0.6) is 0 Å². The van der Waals surface area contributed by atoms with E-state index in [1.54, 1.807) is 41.7 Å².